The van der Waals surface area contributed by atoms with Crippen LogP contribution in [0.1, 0.15) is 27.6 Å². The molecular weight excluding hydrogens is 484 g/mol. The van der Waals surface area contributed by atoms with E-state index < -0.39 is 11.9 Å². The van der Waals surface area contributed by atoms with Crippen molar-refractivity contribution in [3.05, 3.63) is 101 Å². The van der Waals surface area contributed by atoms with E-state index in [0.29, 0.717) is 27.2 Å². The van der Waals surface area contributed by atoms with Crippen LogP contribution in [0.2, 0.25) is 5.02 Å². The van der Waals surface area contributed by atoms with E-state index in [0.717, 1.165) is 4.90 Å². The summed E-state index contributed by atoms with van der Waals surface area (Å²) < 4.78 is 0. The molecule has 0 bridgehead atoms. The Kier molecular flexibility index (Phi) is 7.39. The molecule has 6 nitrogen and oxygen atoms in total. The van der Waals surface area contributed by atoms with Gasteiger partial charge in [0.05, 0.1) is 10.8 Å². The first-order valence-electron chi connectivity index (χ1n) is 10.7. The fourth-order valence-corrected chi connectivity index (χ4v) is 4.55. The largest absolute Gasteiger partial charge is 0.478 e. The lowest BCUT2D eigenvalue weighted by Crippen LogP contribution is -2.22. The van der Waals surface area contributed by atoms with Crippen molar-refractivity contribution in [3.8, 4) is 0 Å². The first-order valence-corrected chi connectivity index (χ1v) is 12.0. The van der Waals surface area contributed by atoms with E-state index in [9.17, 15) is 19.5 Å². The number of carbonyl (C=O) groups is 3. The molecule has 0 aromatic heterocycles. The number of benzene rings is 4. The van der Waals surface area contributed by atoms with Crippen molar-refractivity contribution in [2.24, 2.45) is 0 Å². The number of hydrogen-bond acceptors (Lipinski definition) is 4. The zero-order chi connectivity index (χ0) is 24.9. The number of carboxylic acid groups (broad SMARTS) is 1. The van der Waals surface area contributed by atoms with Crippen LogP contribution in [0.4, 0.5) is 11.4 Å². The maximum absolute atomic E-state index is 13.0. The van der Waals surface area contributed by atoms with Crippen LogP contribution in [-0.2, 0) is 4.79 Å². The van der Waals surface area contributed by atoms with Crippen molar-refractivity contribution in [2.45, 2.75) is 17.1 Å². The van der Waals surface area contributed by atoms with Crippen LogP contribution in [0.15, 0.2) is 89.8 Å². The van der Waals surface area contributed by atoms with E-state index in [2.05, 4.69) is 10.6 Å². The van der Waals surface area contributed by atoms with Gasteiger partial charge >= 0.3 is 5.97 Å². The van der Waals surface area contributed by atoms with E-state index in [-0.39, 0.29) is 22.3 Å². The summed E-state index contributed by atoms with van der Waals surface area (Å²) in [5, 5.41) is 16.5. The number of fused-ring (bicyclic) bond motifs is 1. The Balaban J connectivity index is 1.43. The van der Waals surface area contributed by atoms with E-state index in [4.69, 9.17) is 11.6 Å². The lowest BCUT2D eigenvalue weighted by atomic mass is 9.98. The molecule has 4 rings (SSSR count). The van der Waals surface area contributed by atoms with Gasteiger partial charge in [-0.25, -0.2) is 4.79 Å². The first-order chi connectivity index (χ1) is 16.8. The van der Waals surface area contributed by atoms with Gasteiger partial charge in [0.25, 0.3) is 5.91 Å². The zero-order valence-electron chi connectivity index (χ0n) is 18.6. The summed E-state index contributed by atoms with van der Waals surface area (Å²) in [5.41, 5.74) is 1.59. The lowest BCUT2D eigenvalue weighted by molar-refractivity contribution is -0.115. The number of anilines is 2. The molecule has 0 aliphatic carbocycles. The molecule has 1 atom stereocenters. The van der Waals surface area contributed by atoms with Gasteiger partial charge in [-0.15, -0.1) is 11.8 Å². The van der Waals surface area contributed by atoms with Crippen LogP contribution < -0.4 is 10.6 Å². The third-order valence-corrected chi connectivity index (χ3v) is 6.65. The van der Waals surface area contributed by atoms with Crippen LogP contribution in [0.3, 0.4) is 0 Å². The first kappa shape index (κ1) is 24.3. The zero-order valence-corrected chi connectivity index (χ0v) is 20.2. The van der Waals surface area contributed by atoms with Crippen LogP contribution in [0.25, 0.3) is 10.8 Å². The highest BCUT2D eigenvalue weighted by atomic mass is 35.5. The number of carboxylic acids is 1. The van der Waals surface area contributed by atoms with Crippen molar-refractivity contribution in [1.29, 1.82) is 0 Å². The predicted molar refractivity (Wildman–Crippen MR) is 141 cm³/mol. The monoisotopic (exact) mass is 504 g/mol. The van der Waals surface area contributed by atoms with Gasteiger partial charge in [-0.1, -0.05) is 35.9 Å². The van der Waals surface area contributed by atoms with Crippen molar-refractivity contribution in [2.75, 3.05) is 10.6 Å². The van der Waals surface area contributed by atoms with Crippen molar-refractivity contribution in [1.82, 2.24) is 0 Å². The molecule has 1 unspecified atom stereocenters. The minimum atomic E-state index is -1.09. The standard InChI is InChI=1S/C27H21ClN2O4S/c1-16(25(31)29-19-10-8-18(28)9-11-19)35-21-14-12-20(13-15-21)30-26(32)22-6-2-4-17-5-3-7-23(24(17)22)27(33)34/h2-16H,1H3,(H,29,31)(H,30,32)(H,33,34). The van der Waals surface area contributed by atoms with Crippen molar-refractivity contribution < 1.29 is 19.5 Å². The second-order valence-electron chi connectivity index (χ2n) is 7.75. The maximum Gasteiger partial charge on any atom is 0.336 e. The Morgan fingerprint density at radius 3 is 2.00 bits per heavy atom. The van der Waals surface area contributed by atoms with E-state index in [1.54, 1.807) is 66.7 Å². The maximum atomic E-state index is 13.0. The fourth-order valence-electron chi connectivity index (χ4n) is 3.56. The molecule has 176 valence electrons. The average Bonchev–Trinajstić information content (AvgIpc) is 2.85. The van der Waals surface area contributed by atoms with Gasteiger partial charge in [0.1, 0.15) is 0 Å². The number of hydrogen-bond donors (Lipinski definition) is 3. The van der Waals surface area contributed by atoms with Gasteiger partial charge in [0.2, 0.25) is 5.91 Å². The molecule has 4 aromatic carbocycles. The summed E-state index contributed by atoms with van der Waals surface area (Å²) in [5.74, 6) is -1.63. The van der Waals surface area contributed by atoms with Gasteiger partial charge in [0.15, 0.2) is 0 Å². The summed E-state index contributed by atoms with van der Waals surface area (Å²) in [7, 11) is 0. The highest BCUT2D eigenvalue weighted by Crippen LogP contribution is 2.27. The van der Waals surface area contributed by atoms with E-state index in [1.165, 1.54) is 17.8 Å². The van der Waals surface area contributed by atoms with E-state index in [1.807, 2.05) is 19.1 Å². The molecule has 0 saturated carbocycles. The summed E-state index contributed by atoms with van der Waals surface area (Å²) in [6, 6.07) is 24.0. The lowest BCUT2D eigenvalue weighted by Gasteiger charge is -2.13. The predicted octanol–water partition coefficient (Wildman–Crippen LogP) is 6.56. The average molecular weight is 505 g/mol. The van der Waals surface area contributed by atoms with Gasteiger partial charge in [-0.2, -0.15) is 0 Å². The van der Waals surface area contributed by atoms with Crippen LogP contribution in [0, 0.1) is 0 Å². The third kappa shape index (κ3) is 5.82. The third-order valence-electron chi connectivity index (χ3n) is 5.29. The minimum Gasteiger partial charge on any atom is -0.478 e. The smallest absolute Gasteiger partial charge is 0.336 e. The van der Waals surface area contributed by atoms with E-state index >= 15 is 0 Å². The Morgan fingerprint density at radius 1 is 0.800 bits per heavy atom. The van der Waals surface area contributed by atoms with Gasteiger partial charge in [-0.05, 0) is 73.0 Å². The van der Waals surface area contributed by atoms with Gasteiger partial charge in [-0.3, -0.25) is 9.59 Å². The minimum absolute atomic E-state index is 0.0749. The van der Waals surface area contributed by atoms with Gasteiger partial charge < -0.3 is 15.7 Å². The Bertz CT molecular complexity index is 1400. The molecule has 0 aliphatic heterocycles. The second kappa shape index (κ2) is 10.6. The number of thioether (sulfide) groups is 1. The SMILES string of the molecule is CC(Sc1ccc(NC(=O)c2cccc3cccc(C(=O)O)c23)cc1)C(=O)Nc1ccc(Cl)cc1. The Labute approximate surface area is 211 Å². The molecule has 2 amide bonds. The van der Waals surface area contributed by atoms with Crippen molar-refractivity contribution >= 4 is 63.3 Å². The summed E-state index contributed by atoms with van der Waals surface area (Å²) in [4.78, 5) is 38.0. The highest BCUT2D eigenvalue weighted by Gasteiger charge is 2.17. The van der Waals surface area contributed by atoms with Crippen LogP contribution in [-0.4, -0.2) is 28.1 Å². The number of aromatic carboxylic acids is 1. The molecule has 4 aromatic rings. The fraction of sp³-hybridized carbons (Fsp3) is 0.0741. The summed E-state index contributed by atoms with van der Waals surface area (Å²) in [6.07, 6.45) is 0. The Hall–Kier alpha value is -3.81. The number of rotatable bonds is 7. The van der Waals surface area contributed by atoms with Gasteiger partial charge in [0, 0.05) is 32.2 Å². The molecule has 0 spiro atoms. The second-order valence-corrected chi connectivity index (χ2v) is 9.60. The number of halogens is 1. The highest BCUT2D eigenvalue weighted by molar-refractivity contribution is 8.00. The molecule has 35 heavy (non-hydrogen) atoms. The quantitative estimate of drug-likeness (QED) is 0.248. The molecular formula is C27H21ClN2O4S. The normalized spacial score (nSPS) is 11.6. The molecule has 3 N–H and O–H groups in total. The summed E-state index contributed by atoms with van der Waals surface area (Å²) in [6.45, 7) is 1.81. The molecule has 0 heterocycles. The Morgan fingerprint density at radius 2 is 1.37 bits per heavy atom. The number of nitrogens with one attached hydrogen (secondary N) is 2. The molecule has 0 aliphatic rings. The molecule has 8 heteroatoms. The molecule has 0 saturated heterocycles. The van der Waals surface area contributed by atoms with Crippen LogP contribution in [0.5, 0.6) is 0 Å². The number of amides is 2. The molecule has 0 fully saturated rings. The van der Waals surface area contributed by atoms with Crippen molar-refractivity contribution in [3.63, 3.8) is 0 Å². The van der Waals surface area contributed by atoms with Crippen LogP contribution >= 0.6 is 23.4 Å². The molecule has 0 radical (unpaired) electrons. The number of carbonyl (C=O) groups excluding carboxylic acids is 2. The summed E-state index contributed by atoms with van der Waals surface area (Å²) >= 11 is 7.26. The topological polar surface area (TPSA) is 95.5 Å².